The van der Waals surface area contributed by atoms with Gasteiger partial charge in [-0.05, 0) is 26.4 Å². The molecule has 66 valence electrons. The van der Waals surface area contributed by atoms with E-state index in [1.807, 2.05) is 0 Å². The van der Waals surface area contributed by atoms with Gasteiger partial charge in [0.25, 0.3) is 0 Å². The minimum Gasteiger partial charge on any atom is -0.313 e. The summed E-state index contributed by atoms with van der Waals surface area (Å²) in [6, 6.07) is 1.42. The van der Waals surface area contributed by atoms with E-state index in [9.17, 15) is 0 Å². The fourth-order valence-electron chi connectivity index (χ4n) is 1.61. The van der Waals surface area contributed by atoms with Gasteiger partial charge in [-0.3, -0.25) is 0 Å². The lowest BCUT2D eigenvalue weighted by atomic mass is 10.2. The molecule has 0 spiro atoms. The monoisotopic (exact) mass is 156 g/mol. The van der Waals surface area contributed by atoms with Gasteiger partial charge in [-0.15, -0.1) is 0 Å². The molecule has 0 saturated carbocycles. The summed E-state index contributed by atoms with van der Waals surface area (Å²) >= 11 is 0. The van der Waals surface area contributed by atoms with Crippen LogP contribution >= 0.6 is 0 Å². The van der Waals surface area contributed by atoms with Crippen LogP contribution in [-0.2, 0) is 0 Å². The van der Waals surface area contributed by atoms with Crippen molar-refractivity contribution in [3.8, 4) is 0 Å². The SMILES string of the molecule is CC(C)NCC1CCCN1C. The number of nitrogens with one attached hydrogen (secondary N) is 1. The van der Waals surface area contributed by atoms with Gasteiger partial charge in [-0.25, -0.2) is 0 Å². The highest BCUT2D eigenvalue weighted by Crippen LogP contribution is 2.13. The van der Waals surface area contributed by atoms with E-state index in [0.717, 1.165) is 12.6 Å². The Bertz CT molecular complexity index is 112. The molecule has 2 nitrogen and oxygen atoms in total. The molecule has 1 aliphatic rings. The summed E-state index contributed by atoms with van der Waals surface area (Å²) in [5, 5.41) is 3.48. The number of rotatable bonds is 3. The number of hydrogen-bond donors (Lipinski definition) is 1. The van der Waals surface area contributed by atoms with Crippen LogP contribution in [-0.4, -0.2) is 37.1 Å². The highest BCUT2D eigenvalue weighted by molar-refractivity contribution is 4.78. The standard InChI is InChI=1S/C9H20N2/c1-8(2)10-7-9-5-4-6-11(9)3/h8-10H,4-7H2,1-3H3. The van der Waals surface area contributed by atoms with Gasteiger partial charge in [0, 0.05) is 18.6 Å². The molecule has 1 aliphatic heterocycles. The number of nitrogens with zero attached hydrogens (tertiary/aromatic N) is 1. The number of likely N-dealkylation sites (tertiary alicyclic amines) is 1. The zero-order chi connectivity index (χ0) is 8.27. The van der Waals surface area contributed by atoms with Crippen LogP contribution in [0.3, 0.4) is 0 Å². The van der Waals surface area contributed by atoms with Crippen molar-refractivity contribution in [1.29, 1.82) is 0 Å². The van der Waals surface area contributed by atoms with Crippen LogP contribution in [0.2, 0.25) is 0 Å². The first-order valence-electron chi connectivity index (χ1n) is 4.64. The summed E-state index contributed by atoms with van der Waals surface area (Å²) in [6.07, 6.45) is 2.75. The van der Waals surface area contributed by atoms with Gasteiger partial charge in [-0.1, -0.05) is 13.8 Å². The average Bonchev–Trinajstić information content (AvgIpc) is 2.31. The smallest absolute Gasteiger partial charge is 0.0218 e. The molecular weight excluding hydrogens is 136 g/mol. The van der Waals surface area contributed by atoms with Crippen molar-refractivity contribution in [3.63, 3.8) is 0 Å². The Morgan fingerprint density at radius 3 is 2.73 bits per heavy atom. The lowest BCUT2D eigenvalue weighted by Crippen LogP contribution is -2.38. The number of hydrogen-bond acceptors (Lipinski definition) is 2. The molecule has 0 amide bonds. The van der Waals surface area contributed by atoms with Crippen molar-refractivity contribution in [2.45, 2.75) is 38.8 Å². The molecule has 0 aromatic rings. The third-order valence-corrected chi connectivity index (χ3v) is 2.43. The third-order valence-electron chi connectivity index (χ3n) is 2.43. The van der Waals surface area contributed by atoms with E-state index < -0.39 is 0 Å². The second kappa shape index (κ2) is 4.07. The first-order chi connectivity index (χ1) is 5.20. The number of likely N-dealkylation sites (N-methyl/N-ethyl adjacent to an activating group) is 1. The molecule has 2 heteroatoms. The van der Waals surface area contributed by atoms with Crippen LogP contribution in [0.5, 0.6) is 0 Å². The molecule has 0 aromatic heterocycles. The Kier molecular flexibility index (Phi) is 3.34. The van der Waals surface area contributed by atoms with Crippen molar-refractivity contribution < 1.29 is 0 Å². The van der Waals surface area contributed by atoms with Gasteiger partial charge in [0.1, 0.15) is 0 Å². The fraction of sp³-hybridized carbons (Fsp3) is 1.00. The maximum Gasteiger partial charge on any atom is 0.0218 e. The van der Waals surface area contributed by atoms with Gasteiger partial charge >= 0.3 is 0 Å². The highest BCUT2D eigenvalue weighted by atomic mass is 15.2. The van der Waals surface area contributed by atoms with Crippen molar-refractivity contribution in [2.24, 2.45) is 0 Å². The van der Waals surface area contributed by atoms with Crippen LogP contribution in [0.4, 0.5) is 0 Å². The molecule has 1 atom stereocenters. The topological polar surface area (TPSA) is 15.3 Å². The first kappa shape index (κ1) is 9.01. The van der Waals surface area contributed by atoms with Crippen molar-refractivity contribution in [1.82, 2.24) is 10.2 Å². The van der Waals surface area contributed by atoms with Crippen LogP contribution in [0.15, 0.2) is 0 Å². The van der Waals surface area contributed by atoms with Gasteiger partial charge in [-0.2, -0.15) is 0 Å². The highest BCUT2D eigenvalue weighted by Gasteiger charge is 2.19. The van der Waals surface area contributed by atoms with E-state index >= 15 is 0 Å². The van der Waals surface area contributed by atoms with E-state index in [1.165, 1.54) is 19.4 Å². The minimum atomic E-state index is 0.629. The largest absolute Gasteiger partial charge is 0.313 e. The molecule has 1 N–H and O–H groups in total. The second-order valence-electron chi connectivity index (χ2n) is 3.84. The zero-order valence-corrected chi connectivity index (χ0v) is 7.93. The summed E-state index contributed by atoms with van der Waals surface area (Å²) in [6.45, 7) is 6.85. The van der Waals surface area contributed by atoms with Crippen LogP contribution < -0.4 is 5.32 Å². The third kappa shape index (κ3) is 2.80. The zero-order valence-electron chi connectivity index (χ0n) is 7.93. The summed E-state index contributed by atoms with van der Waals surface area (Å²) < 4.78 is 0. The lowest BCUT2D eigenvalue weighted by molar-refractivity contribution is 0.295. The molecular formula is C9H20N2. The van der Waals surface area contributed by atoms with Crippen molar-refractivity contribution >= 4 is 0 Å². The summed E-state index contributed by atoms with van der Waals surface area (Å²) in [5.41, 5.74) is 0. The molecule has 1 fully saturated rings. The Balaban J connectivity index is 2.15. The lowest BCUT2D eigenvalue weighted by Gasteiger charge is -2.20. The molecule has 1 saturated heterocycles. The maximum atomic E-state index is 3.48. The van der Waals surface area contributed by atoms with Crippen molar-refractivity contribution in [3.05, 3.63) is 0 Å². The van der Waals surface area contributed by atoms with E-state index in [2.05, 4.69) is 31.1 Å². The molecule has 0 radical (unpaired) electrons. The molecule has 11 heavy (non-hydrogen) atoms. The maximum absolute atomic E-state index is 3.48. The van der Waals surface area contributed by atoms with Crippen LogP contribution in [0.25, 0.3) is 0 Å². The molecule has 1 unspecified atom stereocenters. The van der Waals surface area contributed by atoms with Gasteiger partial charge in [0.05, 0.1) is 0 Å². The predicted octanol–water partition coefficient (Wildman–Crippen LogP) is 1.08. The quantitative estimate of drug-likeness (QED) is 0.658. The predicted molar refractivity (Wildman–Crippen MR) is 48.8 cm³/mol. The van der Waals surface area contributed by atoms with Crippen molar-refractivity contribution in [2.75, 3.05) is 20.1 Å². The van der Waals surface area contributed by atoms with E-state index in [0.29, 0.717) is 6.04 Å². The molecule has 1 heterocycles. The van der Waals surface area contributed by atoms with Gasteiger partial charge < -0.3 is 10.2 Å². The summed E-state index contributed by atoms with van der Waals surface area (Å²) in [5.74, 6) is 0. The molecule has 0 bridgehead atoms. The molecule has 1 rings (SSSR count). The molecule has 0 aliphatic carbocycles. The molecule has 0 aromatic carbocycles. The minimum absolute atomic E-state index is 0.629. The second-order valence-corrected chi connectivity index (χ2v) is 3.84. The van der Waals surface area contributed by atoms with E-state index in [1.54, 1.807) is 0 Å². The normalized spacial score (nSPS) is 26.7. The summed E-state index contributed by atoms with van der Waals surface area (Å²) in [4.78, 5) is 2.45. The Hall–Kier alpha value is -0.0800. The average molecular weight is 156 g/mol. The fourth-order valence-corrected chi connectivity index (χ4v) is 1.61. The van der Waals surface area contributed by atoms with Crippen LogP contribution in [0.1, 0.15) is 26.7 Å². The van der Waals surface area contributed by atoms with Crippen LogP contribution in [0, 0.1) is 0 Å². The van der Waals surface area contributed by atoms with Gasteiger partial charge in [0.2, 0.25) is 0 Å². The Labute approximate surface area is 70.0 Å². The summed E-state index contributed by atoms with van der Waals surface area (Å²) in [7, 11) is 2.22. The Morgan fingerprint density at radius 2 is 2.27 bits per heavy atom. The first-order valence-corrected chi connectivity index (χ1v) is 4.64. The van der Waals surface area contributed by atoms with Gasteiger partial charge in [0.15, 0.2) is 0 Å². The van der Waals surface area contributed by atoms with E-state index in [4.69, 9.17) is 0 Å². The Morgan fingerprint density at radius 1 is 1.55 bits per heavy atom. The van der Waals surface area contributed by atoms with E-state index in [-0.39, 0.29) is 0 Å².